The third kappa shape index (κ3) is 6.03. The van der Waals surface area contributed by atoms with Crippen LogP contribution in [0.15, 0.2) is 36.4 Å². The molecule has 0 radical (unpaired) electrons. The van der Waals surface area contributed by atoms with E-state index in [9.17, 15) is 19.2 Å². The van der Waals surface area contributed by atoms with Crippen molar-refractivity contribution in [2.24, 2.45) is 17.8 Å². The summed E-state index contributed by atoms with van der Waals surface area (Å²) >= 11 is 0. The molecule has 0 spiro atoms. The van der Waals surface area contributed by atoms with Gasteiger partial charge in [0.25, 0.3) is 0 Å². The highest BCUT2D eigenvalue weighted by atomic mass is 16.5. The predicted octanol–water partition coefficient (Wildman–Crippen LogP) is 1.92. The number of benzene rings is 1. The number of para-hydroxylation sites is 1. The fourth-order valence-electron chi connectivity index (χ4n) is 5.90. The van der Waals surface area contributed by atoms with Crippen molar-refractivity contribution >= 4 is 24.1 Å². The van der Waals surface area contributed by atoms with Crippen LogP contribution in [0.3, 0.4) is 0 Å². The summed E-state index contributed by atoms with van der Waals surface area (Å²) in [6, 6.07) is 7.71. The van der Waals surface area contributed by atoms with Crippen LogP contribution in [0, 0.1) is 17.8 Å². The Labute approximate surface area is 224 Å². The van der Waals surface area contributed by atoms with Crippen molar-refractivity contribution in [2.45, 2.75) is 38.6 Å². The Balaban J connectivity index is 1.31. The van der Waals surface area contributed by atoms with Crippen LogP contribution in [0.4, 0.5) is 0 Å². The first kappa shape index (κ1) is 26.3. The highest BCUT2D eigenvalue weighted by molar-refractivity contribution is 5.86. The number of carbonyl (C=O) groups is 4. The van der Waals surface area contributed by atoms with Crippen molar-refractivity contribution in [3.63, 3.8) is 0 Å². The molecule has 1 aromatic rings. The quantitative estimate of drug-likeness (QED) is 0.445. The monoisotopic (exact) mass is 522 g/mol. The minimum absolute atomic E-state index is 0.00567. The van der Waals surface area contributed by atoms with Gasteiger partial charge in [-0.3, -0.25) is 19.2 Å². The Hall–Kier alpha value is -3.36. The smallest absolute Gasteiger partial charge is 0.242 e. The standard InChI is InChI=1S/C29H38N4O5/c34-21-30-12-14-31(15-13-30)27(35)17-23-10-11-32-18-24(23)8-4-16-38-26-9-2-1-5-25(26)19-33(20-28(32)36)29(37)22-6-3-7-22/h1-2,4-5,8-9,21-24H,3,6-7,10-20H2/t23-,24-/m0/s1. The Kier molecular flexibility index (Phi) is 8.29. The molecule has 4 aliphatic rings. The molecule has 5 rings (SSSR count). The van der Waals surface area contributed by atoms with Crippen molar-refractivity contribution in [1.82, 2.24) is 19.6 Å². The van der Waals surface area contributed by atoms with E-state index < -0.39 is 0 Å². The number of amides is 4. The van der Waals surface area contributed by atoms with E-state index in [0.29, 0.717) is 58.8 Å². The van der Waals surface area contributed by atoms with Gasteiger partial charge in [0.05, 0.1) is 0 Å². The average molecular weight is 523 g/mol. The normalized spacial score (nSPS) is 24.8. The van der Waals surface area contributed by atoms with Crippen molar-refractivity contribution in [1.29, 1.82) is 0 Å². The second-order valence-corrected chi connectivity index (χ2v) is 10.9. The van der Waals surface area contributed by atoms with Crippen molar-refractivity contribution in [3.05, 3.63) is 42.0 Å². The Bertz CT molecular complexity index is 1060. The molecule has 4 amide bonds. The molecule has 0 unspecified atom stereocenters. The van der Waals surface area contributed by atoms with E-state index in [0.717, 1.165) is 43.4 Å². The number of hydrogen-bond donors (Lipinski definition) is 0. The number of hydrogen-bond acceptors (Lipinski definition) is 5. The minimum atomic E-state index is -0.0384. The zero-order valence-electron chi connectivity index (χ0n) is 22.0. The van der Waals surface area contributed by atoms with Gasteiger partial charge in [-0.2, -0.15) is 0 Å². The maximum absolute atomic E-state index is 13.5. The fourth-order valence-corrected chi connectivity index (χ4v) is 5.90. The molecule has 0 N–H and O–H groups in total. The minimum Gasteiger partial charge on any atom is -0.489 e. The van der Waals surface area contributed by atoms with Crippen molar-refractivity contribution in [2.75, 3.05) is 52.4 Å². The van der Waals surface area contributed by atoms with Crippen LogP contribution in [0.25, 0.3) is 0 Å². The van der Waals surface area contributed by atoms with E-state index in [1.807, 2.05) is 40.1 Å². The number of fused-ring (bicyclic) bond motifs is 3. The number of carbonyl (C=O) groups excluding carboxylic acids is 4. The van der Waals surface area contributed by atoms with Gasteiger partial charge in [-0.1, -0.05) is 36.8 Å². The molecule has 2 bridgehead atoms. The highest BCUT2D eigenvalue weighted by Gasteiger charge is 2.36. The van der Waals surface area contributed by atoms with Crippen LogP contribution < -0.4 is 4.74 Å². The van der Waals surface area contributed by atoms with E-state index in [2.05, 4.69) is 6.08 Å². The SMILES string of the molecule is O=CN1CCN(C(=O)C[C@@H]2CCN3C[C@@H]2C=CCOc2ccccc2CN(C(=O)C2CCC2)CC3=O)CC1. The largest absolute Gasteiger partial charge is 0.489 e. The summed E-state index contributed by atoms with van der Waals surface area (Å²) in [6.07, 6.45) is 8.92. The van der Waals surface area contributed by atoms with Gasteiger partial charge in [0.1, 0.15) is 18.9 Å². The van der Waals surface area contributed by atoms with Gasteiger partial charge in [-0.25, -0.2) is 0 Å². The fraction of sp³-hybridized carbons (Fsp3) is 0.586. The molecular weight excluding hydrogens is 484 g/mol. The van der Waals surface area contributed by atoms with Crippen LogP contribution >= 0.6 is 0 Å². The number of ether oxygens (including phenoxy) is 1. The number of piperazine rings is 1. The van der Waals surface area contributed by atoms with Gasteiger partial charge in [-0.15, -0.1) is 0 Å². The molecule has 38 heavy (non-hydrogen) atoms. The molecule has 1 aliphatic carbocycles. The molecular formula is C29H38N4O5. The molecule has 0 aromatic heterocycles. The van der Waals surface area contributed by atoms with Crippen molar-refractivity contribution < 1.29 is 23.9 Å². The predicted molar refractivity (Wildman–Crippen MR) is 141 cm³/mol. The van der Waals surface area contributed by atoms with E-state index in [4.69, 9.17) is 4.74 Å². The molecule has 2 saturated heterocycles. The van der Waals surface area contributed by atoms with E-state index in [1.54, 1.807) is 9.80 Å². The Morgan fingerprint density at radius 1 is 0.974 bits per heavy atom. The molecule has 2 atom stereocenters. The summed E-state index contributed by atoms with van der Waals surface area (Å²) in [5.74, 6) is 1.01. The maximum atomic E-state index is 13.5. The van der Waals surface area contributed by atoms with Gasteiger partial charge >= 0.3 is 0 Å². The second-order valence-electron chi connectivity index (χ2n) is 10.9. The van der Waals surface area contributed by atoms with Gasteiger partial charge in [0.15, 0.2) is 0 Å². The molecule has 204 valence electrons. The average Bonchev–Trinajstić information content (AvgIpc) is 2.91. The number of rotatable bonds is 4. The topological polar surface area (TPSA) is 90.5 Å². The third-order valence-corrected chi connectivity index (χ3v) is 8.56. The van der Waals surface area contributed by atoms with Crippen LogP contribution in [-0.2, 0) is 25.7 Å². The van der Waals surface area contributed by atoms with Crippen LogP contribution in [0.5, 0.6) is 5.75 Å². The van der Waals surface area contributed by atoms with Gasteiger partial charge in [0, 0.05) is 63.7 Å². The molecule has 3 fully saturated rings. The second kappa shape index (κ2) is 12.0. The zero-order valence-corrected chi connectivity index (χ0v) is 22.0. The van der Waals surface area contributed by atoms with Crippen LogP contribution in [0.1, 0.15) is 37.7 Å². The van der Waals surface area contributed by atoms with Crippen LogP contribution in [-0.4, -0.2) is 96.2 Å². The lowest BCUT2D eigenvalue weighted by atomic mass is 9.82. The van der Waals surface area contributed by atoms with E-state index in [1.165, 1.54) is 0 Å². The molecule has 9 nitrogen and oxygen atoms in total. The van der Waals surface area contributed by atoms with E-state index in [-0.39, 0.29) is 42.0 Å². The first-order valence-electron chi connectivity index (χ1n) is 13.9. The number of nitrogens with zero attached hydrogens (tertiary/aromatic N) is 4. The first-order chi connectivity index (χ1) is 18.5. The van der Waals surface area contributed by atoms with Crippen LogP contribution in [0.2, 0.25) is 0 Å². The number of piperidine rings is 1. The Morgan fingerprint density at radius 2 is 1.76 bits per heavy atom. The lowest BCUT2D eigenvalue weighted by molar-refractivity contribution is -0.146. The molecule has 1 aromatic carbocycles. The summed E-state index contributed by atoms with van der Waals surface area (Å²) in [7, 11) is 0. The summed E-state index contributed by atoms with van der Waals surface area (Å²) in [5.41, 5.74) is 0.900. The molecule has 3 heterocycles. The van der Waals surface area contributed by atoms with Gasteiger partial charge in [-0.05, 0) is 37.2 Å². The van der Waals surface area contributed by atoms with Crippen molar-refractivity contribution in [3.8, 4) is 5.75 Å². The summed E-state index contributed by atoms with van der Waals surface area (Å²) in [5, 5.41) is 0. The third-order valence-electron chi connectivity index (χ3n) is 8.56. The van der Waals surface area contributed by atoms with Gasteiger partial charge in [0.2, 0.25) is 24.1 Å². The summed E-state index contributed by atoms with van der Waals surface area (Å²) < 4.78 is 6.10. The maximum Gasteiger partial charge on any atom is 0.242 e. The lowest BCUT2D eigenvalue weighted by Crippen LogP contribution is -2.51. The Morgan fingerprint density at radius 3 is 2.50 bits per heavy atom. The summed E-state index contributed by atoms with van der Waals surface area (Å²) in [6.45, 7) is 4.18. The lowest BCUT2D eigenvalue weighted by Gasteiger charge is -2.40. The van der Waals surface area contributed by atoms with E-state index >= 15 is 0 Å². The molecule has 9 heteroatoms. The zero-order chi connectivity index (χ0) is 26.5. The molecule has 3 aliphatic heterocycles. The first-order valence-corrected chi connectivity index (χ1v) is 13.9. The summed E-state index contributed by atoms with van der Waals surface area (Å²) in [4.78, 5) is 58.0. The highest BCUT2D eigenvalue weighted by Crippen LogP contribution is 2.32. The molecule has 1 saturated carbocycles. The van der Waals surface area contributed by atoms with Gasteiger partial charge < -0.3 is 24.3 Å².